The van der Waals surface area contributed by atoms with Crippen LogP contribution >= 0.6 is 0 Å². The van der Waals surface area contributed by atoms with Gasteiger partial charge >= 0.3 is 6.18 Å². The number of carbonyl (C=O) groups excluding carboxylic acids is 1. The summed E-state index contributed by atoms with van der Waals surface area (Å²) in [5, 5.41) is 13.5. The van der Waals surface area contributed by atoms with Crippen molar-refractivity contribution < 1.29 is 18.0 Å². The molecule has 10 heteroatoms. The Labute approximate surface area is 123 Å². The van der Waals surface area contributed by atoms with E-state index in [0.29, 0.717) is 34.5 Å². The molecule has 1 amide bonds. The molecule has 0 aliphatic carbocycles. The summed E-state index contributed by atoms with van der Waals surface area (Å²) in [6.45, 7) is 4.36. The summed E-state index contributed by atoms with van der Waals surface area (Å²) in [5.74, 6) is -1.02. The van der Waals surface area contributed by atoms with Crippen LogP contribution in [0.2, 0.25) is 0 Å². The topological polar surface area (TPSA) is 75.4 Å². The number of halogens is 3. The van der Waals surface area contributed by atoms with Gasteiger partial charge in [-0.1, -0.05) is 0 Å². The Balaban J connectivity index is 2.18. The first-order valence-electron chi connectivity index (χ1n) is 6.60. The molecule has 0 bridgehead atoms. The first-order valence-corrected chi connectivity index (χ1v) is 6.60. The molecule has 0 atom stereocenters. The fourth-order valence-electron chi connectivity index (χ4n) is 2.41. The Bertz CT molecular complexity index is 753. The average molecular weight is 314 g/mol. The van der Waals surface area contributed by atoms with Crippen LogP contribution in [0.4, 0.5) is 19.0 Å². The second-order valence-electron chi connectivity index (χ2n) is 5.10. The molecule has 1 aliphatic rings. The van der Waals surface area contributed by atoms with Gasteiger partial charge in [0, 0.05) is 24.2 Å². The van der Waals surface area contributed by atoms with Gasteiger partial charge in [0.2, 0.25) is 5.91 Å². The lowest BCUT2D eigenvalue weighted by atomic mass is 10.1. The molecule has 0 radical (unpaired) electrons. The number of aryl methyl sites for hydroxylation is 1. The molecular formula is C12H13F3N6O. The van der Waals surface area contributed by atoms with Gasteiger partial charge in [0.25, 0.3) is 5.82 Å². The van der Waals surface area contributed by atoms with E-state index in [1.54, 1.807) is 18.7 Å². The Kier molecular flexibility index (Phi) is 3.18. The first kappa shape index (κ1) is 14.5. The van der Waals surface area contributed by atoms with E-state index in [4.69, 9.17) is 0 Å². The van der Waals surface area contributed by atoms with Crippen LogP contribution < -0.4 is 10.2 Å². The Morgan fingerprint density at radius 2 is 1.91 bits per heavy atom. The number of fused-ring (bicyclic) bond motifs is 1. The second kappa shape index (κ2) is 4.82. The molecule has 0 spiro atoms. The summed E-state index contributed by atoms with van der Waals surface area (Å²) < 4.78 is 39.6. The number of piperazine rings is 1. The summed E-state index contributed by atoms with van der Waals surface area (Å²) in [5.41, 5.74) is 1.30. The molecular weight excluding hydrogens is 301 g/mol. The number of aromatic nitrogens is 4. The van der Waals surface area contributed by atoms with Crippen molar-refractivity contribution >= 4 is 17.4 Å². The summed E-state index contributed by atoms with van der Waals surface area (Å²) in [6, 6.07) is 0. The lowest BCUT2D eigenvalue weighted by Crippen LogP contribution is -2.48. The van der Waals surface area contributed by atoms with Crippen LogP contribution in [0.15, 0.2) is 0 Å². The third-order valence-corrected chi connectivity index (χ3v) is 3.66. The number of hydrogen-bond donors (Lipinski definition) is 1. The van der Waals surface area contributed by atoms with E-state index in [-0.39, 0.29) is 18.1 Å². The standard InChI is InChI=1S/C12H13F3N6O/c1-6-7(2)10(20-4-3-16-8(22)5-20)19-21-9(6)17-18-11(21)12(13,14)15/h3-5H2,1-2H3,(H,16,22). The number of carbonyl (C=O) groups is 1. The number of amides is 1. The maximum Gasteiger partial charge on any atom is 0.453 e. The van der Waals surface area contributed by atoms with Gasteiger partial charge in [0.1, 0.15) is 0 Å². The van der Waals surface area contributed by atoms with Crippen LogP contribution in [-0.4, -0.2) is 45.4 Å². The second-order valence-corrected chi connectivity index (χ2v) is 5.10. The predicted molar refractivity (Wildman–Crippen MR) is 70.5 cm³/mol. The largest absolute Gasteiger partial charge is 0.453 e. The molecule has 22 heavy (non-hydrogen) atoms. The van der Waals surface area contributed by atoms with Gasteiger partial charge < -0.3 is 10.2 Å². The molecule has 2 aromatic heterocycles. The van der Waals surface area contributed by atoms with Crippen molar-refractivity contribution in [1.29, 1.82) is 0 Å². The SMILES string of the molecule is Cc1c(N2CCNC(=O)C2)nn2c(C(F)(F)F)nnc2c1C. The minimum atomic E-state index is -4.65. The Morgan fingerprint density at radius 3 is 2.55 bits per heavy atom. The van der Waals surface area contributed by atoms with Crippen molar-refractivity contribution in [3.63, 3.8) is 0 Å². The van der Waals surface area contributed by atoms with Crippen molar-refractivity contribution in [2.45, 2.75) is 20.0 Å². The minimum absolute atomic E-state index is 0.0578. The number of rotatable bonds is 1. The van der Waals surface area contributed by atoms with Crippen molar-refractivity contribution in [2.24, 2.45) is 0 Å². The Hall–Kier alpha value is -2.39. The zero-order valence-corrected chi connectivity index (χ0v) is 11.9. The van der Waals surface area contributed by atoms with Crippen molar-refractivity contribution in [2.75, 3.05) is 24.5 Å². The number of alkyl halides is 3. The lowest BCUT2D eigenvalue weighted by molar-refractivity contribution is -0.146. The highest BCUT2D eigenvalue weighted by molar-refractivity contribution is 5.82. The molecule has 1 saturated heterocycles. The molecule has 0 unspecified atom stereocenters. The van der Waals surface area contributed by atoms with Crippen LogP contribution in [0.25, 0.3) is 5.65 Å². The number of nitrogens with zero attached hydrogens (tertiary/aromatic N) is 5. The van der Waals surface area contributed by atoms with E-state index in [9.17, 15) is 18.0 Å². The minimum Gasteiger partial charge on any atom is -0.353 e. The average Bonchev–Trinajstić information content (AvgIpc) is 2.86. The van der Waals surface area contributed by atoms with Gasteiger partial charge in [-0.3, -0.25) is 4.79 Å². The summed E-state index contributed by atoms with van der Waals surface area (Å²) in [6.07, 6.45) is -4.65. The fraction of sp³-hybridized carbons (Fsp3) is 0.500. The van der Waals surface area contributed by atoms with E-state index in [1.165, 1.54) is 0 Å². The summed E-state index contributed by atoms with van der Waals surface area (Å²) >= 11 is 0. The molecule has 1 fully saturated rings. The van der Waals surface area contributed by atoms with Crippen molar-refractivity contribution in [3.8, 4) is 0 Å². The van der Waals surface area contributed by atoms with Crippen LogP contribution in [0.3, 0.4) is 0 Å². The molecule has 1 N–H and O–H groups in total. The maximum atomic E-state index is 13.0. The quantitative estimate of drug-likeness (QED) is 0.838. The highest BCUT2D eigenvalue weighted by Gasteiger charge is 2.38. The monoisotopic (exact) mass is 314 g/mol. The number of anilines is 1. The zero-order chi connectivity index (χ0) is 16.1. The maximum absolute atomic E-state index is 13.0. The summed E-state index contributed by atoms with van der Waals surface area (Å²) in [4.78, 5) is 13.1. The highest BCUT2D eigenvalue weighted by Crippen LogP contribution is 2.30. The third kappa shape index (κ3) is 2.24. The van der Waals surface area contributed by atoms with Gasteiger partial charge in [-0.05, 0) is 13.8 Å². The number of hydrogen-bond acceptors (Lipinski definition) is 5. The van der Waals surface area contributed by atoms with Crippen LogP contribution in [0.1, 0.15) is 17.0 Å². The van der Waals surface area contributed by atoms with Crippen molar-refractivity contribution in [1.82, 2.24) is 25.1 Å². The van der Waals surface area contributed by atoms with Gasteiger partial charge in [0.15, 0.2) is 11.5 Å². The molecule has 2 aromatic rings. The van der Waals surface area contributed by atoms with Crippen LogP contribution in [0, 0.1) is 13.8 Å². The van der Waals surface area contributed by atoms with E-state index in [0.717, 1.165) is 0 Å². The number of nitrogens with one attached hydrogen (secondary N) is 1. The lowest BCUT2D eigenvalue weighted by Gasteiger charge is -2.29. The fourth-order valence-corrected chi connectivity index (χ4v) is 2.41. The molecule has 3 heterocycles. The summed E-state index contributed by atoms with van der Waals surface area (Å²) in [7, 11) is 0. The predicted octanol–water partition coefficient (Wildman–Crippen LogP) is 0.696. The van der Waals surface area contributed by atoms with Crippen LogP contribution in [-0.2, 0) is 11.0 Å². The van der Waals surface area contributed by atoms with E-state index >= 15 is 0 Å². The molecule has 118 valence electrons. The van der Waals surface area contributed by atoms with Crippen molar-refractivity contribution in [3.05, 3.63) is 17.0 Å². The Morgan fingerprint density at radius 1 is 1.18 bits per heavy atom. The van der Waals surface area contributed by atoms with E-state index < -0.39 is 12.0 Å². The molecule has 3 rings (SSSR count). The van der Waals surface area contributed by atoms with Gasteiger partial charge in [0.05, 0.1) is 6.54 Å². The van der Waals surface area contributed by atoms with Gasteiger partial charge in [-0.15, -0.1) is 15.3 Å². The van der Waals surface area contributed by atoms with Gasteiger partial charge in [-0.25, -0.2) is 0 Å². The molecule has 0 saturated carbocycles. The van der Waals surface area contributed by atoms with Crippen LogP contribution in [0.5, 0.6) is 0 Å². The zero-order valence-electron chi connectivity index (χ0n) is 11.9. The molecule has 1 aliphatic heterocycles. The highest BCUT2D eigenvalue weighted by atomic mass is 19.4. The normalized spacial score (nSPS) is 16.2. The smallest absolute Gasteiger partial charge is 0.353 e. The van der Waals surface area contributed by atoms with E-state index in [2.05, 4.69) is 20.6 Å². The first-order chi connectivity index (χ1) is 10.3. The molecule has 0 aromatic carbocycles. The van der Waals surface area contributed by atoms with Gasteiger partial charge in [-0.2, -0.15) is 17.7 Å². The molecule has 7 nitrogen and oxygen atoms in total. The van der Waals surface area contributed by atoms with E-state index in [1.807, 2.05) is 0 Å². The third-order valence-electron chi connectivity index (χ3n) is 3.66.